The van der Waals surface area contributed by atoms with E-state index in [4.69, 9.17) is 0 Å². The highest BCUT2D eigenvalue weighted by molar-refractivity contribution is 7.89. The van der Waals surface area contributed by atoms with Crippen LogP contribution in [0.2, 0.25) is 0 Å². The minimum Gasteiger partial charge on any atom is -0.319 e. The van der Waals surface area contributed by atoms with Gasteiger partial charge in [-0.05, 0) is 26.7 Å². The van der Waals surface area contributed by atoms with E-state index < -0.39 is 10.0 Å². The minimum absolute atomic E-state index is 0.278. The van der Waals surface area contributed by atoms with E-state index in [1.165, 1.54) is 0 Å². The Labute approximate surface area is 136 Å². The standard InChI is InChI=1S/C14H22N6O2S/c1-10-13(11(2)19(4)17-10)23(21,22)20-8-6-5-7-12(20)14-16-15-9-18(14)3/h9,12H,5-8H2,1-4H3/t12-/m0/s1. The Morgan fingerprint density at radius 1 is 1.22 bits per heavy atom. The molecule has 1 fully saturated rings. The smallest absolute Gasteiger partial charge is 0.247 e. The number of nitrogens with zero attached hydrogens (tertiary/aromatic N) is 6. The molecule has 2 aromatic heterocycles. The quantitative estimate of drug-likeness (QED) is 0.836. The summed E-state index contributed by atoms with van der Waals surface area (Å²) in [6, 6.07) is -0.278. The lowest BCUT2D eigenvalue weighted by Crippen LogP contribution is -2.40. The van der Waals surface area contributed by atoms with Crippen molar-refractivity contribution in [3.05, 3.63) is 23.5 Å². The number of rotatable bonds is 3. The van der Waals surface area contributed by atoms with Crippen molar-refractivity contribution >= 4 is 10.0 Å². The minimum atomic E-state index is -3.63. The zero-order valence-electron chi connectivity index (χ0n) is 13.9. The van der Waals surface area contributed by atoms with Crippen molar-refractivity contribution < 1.29 is 8.42 Å². The van der Waals surface area contributed by atoms with E-state index in [1.54, 1.807) is 40.8 Å². The second-order valence-corrected chi connectivity index (χ2v) is 7.88. The van der Waals surface area contributed by atoms with Crippen molar-refractivity contribution in [2.24, 2.45) is 14.1 Å². The van der Waals surface area contributed by atoms with Gasteiger partial charge >= 0.3 is 0 Å². The molecule has 0 spiro atoms. The molecule has 8 nitrogen and oxygen atoms in total. The van der Waals surface area contributed by atoms with Crippen LogP contribution >= 0.6 is 0 Å². The van der Waals surface area contributed by atoms with Crippen LogP contribution in [0.5, 0.6) is 0 Å². The normalized spacial score (nSPS) is 20.1. The second-order valence-electron chi connectivity index (χ2n) is 6.05. The van der Waals surface area contributed by atoms with Gasteiger partial charge in [0.1, 0.15) is 11.2 Å². The van der Waals surface area contributed by atoms with Gasteiger partial charge in [0.2, 0.25) is 10.0 Å². The lowest BCUT2D eigenvalue weighted by Gasteiger charge is -2.33. The second kappa shape index (κ2) is 5.72. The molecule has 0 radical (unpaired) electrons. The van der Waals surface area contributed by atoms with E-state index in [0.717, 1.165) is 19.3 Å². The van der Waals surface area contributed by atoms with Crippen LogP contribution in [0.15, 0.2) is 11.2 Å². The third kappa shape index (κ3) is 2.57. The van der Waals surface area contributed by atoms with Gasteiger partial charge in [0.25, 0.3) is 0 Å². The first kappa shape index (κ1) is 16.1. The Bertz CT molecular complexity index is 822. The maximum absolute atomic E-state index is 13.3. The van der Waals surface area contributed by atoms with Crippen LogP contribution < -0.4 is 0 Å². The van der Waals surface area contributed by atoms with Crippen LogP contribution in [0.4, 0.5) is 0 Å². The van der Waals surface area contributed by atoms with E-state index >= 15 is 0 Å². The Morgan fingerprint density at radius 3 is 2.52 bits per heavy atom. The molecular weight excluding hydrogens is 316 g/mol. The maximum Gasteiger partial charge on any atom is 0.247 e. The average molecular weight is 338 g/mol. The summed E-state index contributed by atoms with van der Waals surface area (Å²) in [5, 5.41) is 12.3. The summed E-state index contributed by atoms with van der Waals surface area (Å²) < 4.78 is 31.5. The summed E-state index contributed by atoms with van der Waals surface area (Å²) in [5.74, 6) is 0.687. The largest absolute Gasteiger partial charge is 0.319 e. The molecule has 1 aliphatic rings. The zero-order valence-corrected chi connectivity index (χ0v) is 14.7. The fourth-order valence-electron chi connectivity index (χ4n) is 3.29. The van der Waals surface area contributed by atoms with Crippen molar-refractivity contribution in [2.75, 3.05) is 6.54 Å². The Balaban J connectivity index is 2.08. The number of sulfonamides is 1. The lowest BCUT2D eigenvalue weighted by molar-refractivity contribution is 0.242. The number of aromatic nitrogens is 5. The van der Waals surface area contributed by atoms with Crippen LogP contribution in [0, 0.1) is 13.8 Å². The highest BCUT2D eigenvalue weighted by Gasteiger charge is 2.39. The van der Waals surface area contributed by atoms with E-state index in [1.807, 2.05) is 7.05 Å². The van der Waals surface area contributed by atoms with Crippen LogP contribution in [0.25, 0.3) is 0 Å². The van der Waals surface area contributed by atoms with Crippen molar-refractivity contribution in [3.8, 4) is 0 Å². The monoisotopic (exact) mass is 338 g/mol. The molecule has 126 valence electrons. The van der Waals surface area contributed by atoms with E-state index in [2.05, 4.69) is 15.3 Å². The molecule has 3 rings (SSSR count). The highest BCUT2D eigenvalue weighted by atomic mass is 32.2. The van der Waals surface area contributed by atoms with Crippen molar-refractivity contribution in [3.63, 3.8) is 0 Å². The summed E-state index contributed by atoms with van der Waals surface area (Å²) in [6.07, 6.45) is 4.19. The van der Waals surface area contributed by atoms with Gasteiger partial charge in [-0.15, -0.1) is 10.2 Å². The van der Waals surface area contributed by atoms with Gasteiger partial charge in [-0.1, -0.05) is 6.42 Å². The van der Waals surface area contributed by atoms with Gasteiger partial charge < -0.3 is 4.57 Å². The first-order chi connectivity index (χ1) is 10.8. The molecule has 0 saturated carbocycles. The van der Waals surface area contributed by atoms with Gasteiger partial charge in [0.05, 0.1) is 17.4 Å². The van der Waals surface area contributed by atoms with Crippen molar-refractivity contribution in [1.82, 2.24) is 28.9 Å². The Hall–Kier alpha value is -1.74. The predicted molar refractivity (Wildman–Crippen MR) is 84.2 cm³/mol. The van der Waals surface area contributed by atoms with Crippen molar-refractivity contribution in [2.45, 2.75) is 44.0 Å². The number of hydrogen-bond acceptors (Lipinski definition) is 5. The van der Waals surface area contributed by atoms with Gasteiger partial charge in [-0.2, -0.15) is 9.40 Å². The average Bonchev–Trinajstić information content (AvgIpc) is 3.03. The Morgan fingerprint density at radius 2 is 1.96 bits per heavy atom. The fraction of sp³-hybridized carbons (Fsp3) is 0.643. The molecular formula is C14H22N6O2S. The van der Waals surface area contributed by atoms with Crippen LogP contribution in [0.1, 0.15) is 42.5 Å². The van der Waals surface area contributed by atoms with Crippen molar-refractivity contribution in [1.29, 1.82) is 0 Å². The summed E-state index contributed by atoms with van der Waals surface area (Å²) in [5.41, 5.74) is 1.19. The molecule has 1 atom stereocenters. The van der Waals surface area contributed by atoms with Gasteiger partial charge in [0.15, 0.2) is 5.82 Å². The molecule has 9 heteroatoms. The summed E-state index contributed by atoms with van der Waals surface area (Å²) in [6.45, 7) is 4.02. The molecule has 3 heterocycles. The fourth-order valence-corrected chi connectivity index (χ4v) is 5.35. The number of hydrogen-bond donors (Lipinski definition) is 0. The number of aryl methyl sites for hydroxylation is 3. The summed E-state index contributed by atoms with van der Waals surface area (Å²) in [7, 11) is -0.0214. The molecule has 1 aliphatic heterocycles. The van der Waals surface area contributed by atoms with Gasteiger partial charge in [-0.3, -0.25) is 4.68 Å². The summed E-state index contributed by atoms with van der Waals surface area (Å²) >= 11 is 0. The predicted octanol–water partition coefficient (Wildman–Crippen LogP) is 1.08. The summed E-state index contributed by atoms with van der Waals surface area (Å²) in [4.78, 5) is 0.314. The third-order valence-electron chi connectivity index (χ3n) is 4.51. The van der Waals surface area contributed by atoms with Crippen LogP contribution in [-0.4, -0.2) is 43.8 Å². The molecule has 0 amide bonds. The Kier molecular flexibility index (Phi) is 4.01. The molecule has 1 saturated heterocycles. The van der Waals surface area contributed by atoms with E-state index in [0.29, 0.717) is 28.7 Å². The maximum atomic E-state index is 13.3. The van der Waals surface area contributed by atoms with E-state index in [-0.39, 0.29) is 6.04 Å². The molecule has 0 aromatic carbocycles. The third-order valence-corrected chi connectivity index (χ3v) is 6.67. The molecule has 0 N–H and O–H groups in total. The number of piperidine rings is 1. The first-order valence-electron chi connectivity index (χ1n) is 7.70. The zero-order chi connectivity index (χ0) is 16.8. The lowest BCUT2D eigenvalue weighted by atomic mass is 10.0. The first-order valence-corrected chi connectivity index (χ1v) is 9.14. The van der Waals surface area contributed by atoms with Crippen LogP contribution in [0.3, 0.4) is 0 Å². The van der Waals surface area contributed by atoms with Gasteiger partial charge in [-0.25, -0.2) is 8.42 Å². The van der Waals surface area contributed by atoms with Crippen LogP contribution in [-0.2, 0) is 24.1 Å². The molecule has 2 aromatic rings. The van der Waals surface area contributed by atoms with E-state index in [9.17, 15) is 8.42 Å². The van der Waals surface area contributed by atoms with Gasteiger partial charge in [0, 0.05) is 20.6 Å². The molecule has 23 heavy (non-hydrogen) atoms. The topological polar surface area (TPSA) is 85.9 Å². The SMILES string of the molecule is Cc1nn(C)c(C)c1S(=O)(=O)N1CCCC[C@H]1c1nncn1C. The highest BCUT2D eigenvalue weighted by Crippen LogP contribution is 2.35. The molecule has 0 bridgehead atoms. The molecule has 0 unspecified atom stereocenters. The molecule has 0 aliphatic carbocycles.